The van der Waals surface area contributed by atoms with Crippen molar-refractivity contribution in [2.75, 3.05) is 18.0 Å². The van der Waals surface area contributed by atoms with E-state index >= 15 is 0 Å². The Morgan fingerprint density at radius 2 is 2.28 bits per heavy atom. The Labute approximate surface area is 104 Å². The summed E-state index contributed by atoms with van der Waals surface area (Å²) in [7, 11) is 0. The first-order valence-electron chi connectivity index (χ1n) is 5.54. The first kappa shape index (κ1) is 12.3. The minimum atomic E-state index is -1.03. The minimum Gasteiger partial charge on any atom is -0.385 e. The molecular weight excluding hydrogens is 234 g/mol. The zero-order valence-electron chi connectivity index (χ0n) is 9.96. The summed E-state index contributed by atoms with van der Waals surface area (Å²) in [5.74, 6) is 0. The summed E-state index contributed by atoms with van der Waals surface area (Å²) in [6, 6.07) is 6.90. The second-order valence-electron chi connectivity index (χ2n) is 4.66. The predicted molar refractivity (Wildman–Crippen MR) is 65.2 cm³/mol. The second-order valence-corrected chi connectivity index (χ2v) is 4.66. The predicted octanol–water partition coefficient (Wildman–Crippen LogP) is 1.37. The number of rotatable bonds is 3. The number of benzene rings is 1. The van der Waals surface area contributed by atoms with Gasteiger partial charge in [-0.3, -0.25) is 10.1 Å². The zero-order chi connectivity index (χ0) is 13.3. The lowest BCUT2D eigenvalue weighted by Crippen LogP contribution is -2.61. The third kappa shape index (κ3) is 2.13. The second kappa shape index (κ2) is 4.27. The normalized spacial score (nSPS) is 16.8. The highest BCUT2D eigenvalue weighted by molar-refractivity contribution is 5.66. The van der Waals surface area contributed by atoms with Gasteiger partial charge in [-0.1, -0.05) is 6.07 Å². The van der Waals surface area contributed by atoms with Crippen molar-refractivity contribution >= 4 is 11.4 Å². The molecule has 0 amide bonds. The van der Waals surface area contributed by atoms with Gasteiger partial charge in [-0.2, -0.15) is 5.26 Å². The molecule has 6 heteroatoms. The molecule has 1 aromatic rings. The zero-order valence-corrected chi connectivity index (χ0v) is 9.96. The van der Waals surface area contributed by atoms with Crippen molar-refractivity contribution in [1.82, 2.24) is 0 Å². The molecule has 94 valence electrons. The molecular formula is C12H13N3O3. The smallest absolute Gasteiger partial charge is 0.292 e. The molecule has 0 unspecified atom stereocenters. The van der Waals surface area contributed by atoms with Crippen LogP contribution in [0.1, 0.15) is 12.0 Å². The molecule has 1 aromatic carbocycles. The Balaban J connectivity index is 2.22. The van der Waals surface area contributed by atoms with Crippen molar-refractivity contribution in [3.8, 4) is 6.07 Å². The maximum atomic E-state index is 11.0. The van der Waals surface area contributed by atoms with Crippen molar-refractivity contribution in [2.45, 2.75) is 18.9 Å². The molecule has 6 nitrogen and oxygen atoms in total. The molecule has 0 aliphatic carbocycles. The summed E-state index contributed by atoms with van der Waals surface area (Å²) in [4.78, 5) is 12.3. The van der Waals surface area contributed by atoms with E-state index in [0.717, 1.165) is 5.56 Å². The van der Waals surface area contributed by atoms with E-state index in [1.54, 1.807) is 24.0 Å². The van der Waals surface area contributed by atoms with E-state index in [-0.39, 0.29) is 25.2 Å². The number of aryl methyl sites for hydroxylation is 1. The third-order valence-electron chi connectivity index (χ3n) is 3.05. The third-order valence-corrected chi connectivity index (χ3v) is 3.05. The van der Waals surface area contributed by atoms with Crippen LogP contribution in [0, 0.1) is 28.4 Å². The Kier molecular flexibility index (Phi) is 2.93. The quantitative estimate of drug-likeness (QED) is 0.643. The molecule has 0 atom stereocenters. The van der Waals surface area contributed by atoms with Crippen LogP contribution in [0.4, 0.5) is 11.4 Å². The highest BCUT2D eigenvalue weighted by atomic mass is 16.6. The first-order valence-corrected chi connectivity index (χ1v) is 5.54. The van der Waals surface area contributed by atoms with Gasteiger partial charge in [0.25, 0.3) is 5.69 Å². The Morgan fingerprint density at radius 1 is 1.61 bits per heavy atom. The van der Waals surface area contributed by atoms with Gasteiger partial charge in [0.05, 0.1) is 17.4 Å². The van der Waals surface area contributed by atoms with E-state index in [2.05, 4.69) is 0 Å². The van der Waals surface area contributed by atoms with Crippen LogP contribution in [0.3, 0.4) is 0 Å². The molecule has 2 rings (SSSR count). The Hall–Kier alpha value is -2.13. The van der Waals surface area contributed by atoms with Gasteiger partial charge in [-0.15, -0.1) is 0 Å². The van der Waals surface area contributed by atoms with Crippen molar-refractivity contribution in [2.24, 2.45) is 0 Å². The molecule has 1 aliphatic rings. The molecule has 1 saturated heterocycles. The van der Waals surface area contributed by atoms with Gasteiger partial charge in [0, 0.05) is 19.2 Å². The maximum absolute atomic E-state index is 11.0. The van der Waals surface area contributed by atoms with Gasteiger partial charge in [-0.05, 0) is 18.6 Å². The van der Waals surface area contributed by atoms with E-state index in [1.165, 1.54) is 6.07 Å². The standard InChI is InChI=1S/C12H13N3O3/c1-9-2-3-10(11(6-9)15(17)18)14-7-12(16,8-14)4-5-13/h2-3,6,16H,4,7-8H2,1H3. The molecule has 0 aromatic heterocycles. The number of aliphatic hydroxyl groups is 1. The number of nitriles is 1. The number of β-amino-alcohol motifs (C(OH)–C–C–N with tert-alkyl or cyclic N) is 1. The number of hydrogen-bond donors (Lipinski definition) is 1. The molecule has 0 radical (unpaired) electrons. The van der Waals surface area contributed by atoms with Gasteiger partial charge in [0.2, 0.25) is 0 Å². The Bertz CT molecular complexity index is 530. The van der Waals surface area contributed by atoms with Gasteiger partial charge in [0.1, 0.15) is 11.3 Å². The molecule has 1 heterocycles. The Morgan fingerprint density at radius 3 is 2.83 bits per heavy atom. The monoisotopic (exact) mass is 247 g/mol. The van der Waals surface area contributed by atoms with E-state index in [4.69, 9.17) is 5.26 Å². The van der Waals surface area contributed by atoms with Crippen LogP contribution >= 0.6 is 0 Å². The topological polar surface area (TPSA) is 90.4 Å². The first-order chi connectivity index (χ1) is 8.45. The highest BCUT2D eigenvalue weighted by Crippen LogP contribution is 2.36. The molecule has 0 saturated carbocycles. The van der Waals surface area contributed by atoms with Crippen LogP contribution in [0.25, 0.3) is 0 Å². The summed E-state index contributed by atoms with van der Waals surface area (Å²) >= 11 is 0. The van der Waals surface area contributed by atoms with Gasteiger partial charge in [0.15, 0.2) is 0 Å². The van der Waals surface area contributed by atoms with Gasteiger partial charge < -0.3 is 10.0 Å². The molecule has 0 spiro atoms. The summed E-state index contributed by atoms with van der Waals surface area (Å²) in [6.45, 7) is 2.30. The molecule has 1 aliphatic heterocycles. The van der Waals surface area contributed by atoms with Crippen LogP contribution < -0.4 is 4.90 Å². The minimum absolute atomic E-state index is 0.0361. The average Bonchev–Trinajstić information content (AvgIpc) is 2.26. The average molecular weight is 247 g/mol. The number of nitrogens with zero attached hydrogens (tertiary/aromatic N) is 3. The summed E-state index contributed by atoms with van der Waals surface area (Å²) in [6.07, 6.45) is 0.0448. The van der Waals surface area contributed by atoms with E-state index in [0.29, 0.717) is 5.69 Å². The summed E-state index contributed by atoms with van der Waals surface area (Å²) in [5.41, 5.74) is 0.313. The summed E-state index contributed by atoms with van der Waals surface area (Å²) < 4.78 is 0. The SMILES string of the molecule is Cc1ccc(N2CC(O)(CC#N)C2)c([N+](=O)[O-])c1. The largest absolute Gasteiger partial charge is 0.385 e. The van der Waals surface area contributed by atoms with Crippen molar-refractivity contribution in [3.05, 3.63) is 33.9 Å². The number of anilines is 1. The number of hydrogen-bond acceptors (Lipinski definition) is 5. The fourth-order valence-electron chi connectivity index (χ4n) is 2.14. The van der Waals surface area contributed by atoms with E-state index in [1.807, 2.05) is 6.07 Å². The van der Waals surface area contributed by atoms with Crippen molar-refractivity contribution in [1.29, 1.82) is 5.26 Å². The van der Waals surface area contributed by atoms with Gasteiger partial charge >= 0.3 is 0 Å². The van der Waals surface area contributed by atoms with Crippen LogP contribution in [0.5, 0.6) is 0 Å². The molecule has 0 bridgehead atoms. The van der Waals surface area contributed by atoms with Crippen LogP contribution in [0.2, 0.25) is 0 Å². The maximum Gasteiger partial charge on any atom is 0.292 e. The lowest BCUT2D eigenvalue weighted by atomic mass is 9.90. The lowest BCUT2D eigenvalue weighted by Gasteiger charge is -2.46. The highest BCUT2D eigenvalue weighted by Gasteiger charge is 2.43. The van der Waals surface area contributed by atoms with Crippen molar-refractivity contribution in [3.63, 3.8) is 0 Å². The van der Waals surface area contributed by atoms with Crippen LogP contribution in [-0.4, -0.2) is 28.7 Å². The van der Waals surface area contributed by atoms with E-state index < -0.39 is 10.5 Å². The molecule has 1 fully saturated rings. The molecule has 18 heavy (non-hydrogen) atoms. The fraction of sp³-hybridized carbons (Fsp3) is 0.417. The lowest BCUT2D eigenvalue weighted by molar-refractivity contribution is -0.384. The number of nitro groups is 1. The summed E-state index contributed by atoms with van der Waals surface area (Å²) in [5, 5.41) is 29.4. The molecule has 1 N–H and O–H groups in total. The van der Waals surface area contributed by atoms with Crippen LogP contribution in [-0.2, 0) is 0 Å². The van der Waals surface area contributed by atoms with Gasteiger partial charge in [-0.25, -0.2) is 0 Å². The van der Waals surface area contributed by atoms with Crippen molar-refractivity contribution < 1.29 is 10.0 Å². The number of nitro benzene ring substituents is 1. The van der Waals surface area contributed by atoms with E-state index in [9.17, 15) is 15.2 Å². The van der Waals surface area contributed by atoms with Crippen LogP contribution in [0.15, 0.2) is 18.2 Å². The fourth-order valence-corrected chi connectivity index (χ4v) is 2.14.